The quantitative estimate of drug-likeness (QED) is 0.807. The van der Waals surface area contributed by atoms with Gasteiger partial charge in [-0.1, -0.05) is 13.8 Å². The Kier molecular flexibility index (Phi) is 5.34. The summed E-state index contributed by atoms with van der Waals surface area (Å²) in [6, 6.07) is 0.505. The molecule has 0 spiro atoms. The molecule has 3 N–H and O–H groups in total. The van der Waals surface area contributed by atoms with Gasteiger partial charge in [0.25, 0.3) is 0 Å². The van der Waals surface area contributed by atoms with E-state index in [0.717, 1.165) is 36.6 Å². The molecule has 102 valence electrons. The third-order valence-corrected chi connectivity index (χ3v) is 3.51. The molecule has 1 atom stereocenters. The highest BCUT2D eigenvalue weighted by atomic mass is 15.2. The lowest BCUT2D eigenvalue weighted by Gasteiger charge is -2.26. The lowest BCUT2D eigenvalue weighted by Crippen LogP contribution is -2.36. The summed E-state index contributed by atoms with van der Waals surface area (Å²) in [4.78, 5) is 10.7. The zero-order valence-electron chi connectivity index (χ0n) is 12.1. The second kappa shape index (κ2) is 6.54. The van der Waals surface area contributed by atoms with Crippen molar-refractivity contribution in [2.45, 2.75) is 40.2 Å². The highest BCUT2D eigenvalue weighted by Gasteiger charge is 2.12. The van der Waals surface area contributed by atoms with Gasteiger partial charge >= 0.3 is 0 Å². The lowest BCUT2D eigenvalue weighted by molar-refractivity contribution is 0.257. The first-order valence-corrected chi connectivity index (χ1v) is 6.54. The number of nitrogens with two attached hydrogens (primary N) is 1. The molecule has 0 fully saturated rings. The predicted molar refractivity (Wildman–Crippen MR) is 76.8 cm³/mol. The highest BCUT2D eigenvalue weighted by molar-refractivity contribution is 5.48. The minimum Gasteiger partial charge on any atom is -0.368 e. The Morgan fingerprint density at radius 3 is 2.50 bits per heavy atom. The maximum Gasteiger partial charge on any atom is 0.222 e. The average molecular weight is 251 g/mol. The summed E-state index contributed by atoms with van der Waals surface area (Å²) in [7, 11) is 2.14. The van der Waals surface area contributed by atoms with Crippen molar-refractivity contribution in [3.63, 3.8) is 0 Å². The molecule has 1 aromatic heterocycles. The molecular formula is C13H25N5. The fourth-order valence-electron chi connectivity index (χ4n) is 1.91. The molecule has 1 heterocycles. The molecule has 0 saturated heterocycles. The van der Waals surface area contributed by atoms with Crippen molar-refractivity contribution in [3.05, 3.63) is 11.3 Å². The van der Waals surface area contributed by atoms with Gasteiger partial charge in [0, 0.05) is 23.8 Å². The summed E-state index contributed by atoms with van der Waals surface area (Å²) >= 11 is 0. The van der Waals surface area contributed by atoms with Gasteiger partial charge in [-0.05, 0) is 33.9 Å². The van der Waals surface area contributed by atoms with Gasteiger partial charge in [0.2, 0.25) is 5.95 Å². The Morgan fingerprint density at radius 1 is 1.28 bits per heavy atom. The zero-order chi connectivity index (χ0) is 13.7. The second-order valence-electron chi connectivity index (χ2n) is 4.66. The average Bonchev–Trinajstić information content (AvgIpc) is 2.35. The van der Waals surface area contributed by atoms with E-state index in [-0.39, 0.29) is 0 Å². The van der Waals surface area contributed by atoms with Crippen molar-refractivity contribution < 1.29 is 0 Å². The summed E-state index contributed by atoms with van der Waals surface area (Å²) < 4.78 is 0. The summed E-state index contributed by atoms with van der Waals surface area (Å²) in [5, 5.41) is 3.39. The number of aromatic nitrogens is 2. The van der Waals surface area contributed by atoms with Crippen LogP contribution in [0.15, 0.2) is 0 Å². The van der Waals surface area contributed by atoms with Crippen LogP contribution in [0.2, 0.25) is 0 Å². The van der Waals surface area contributed by atoms with E-state index in [1.165, 1.54) is 0 Å². The van der Waals surface area contributed by atoms with Crippen LogP contribution in [0, 0.1) is 13.8 Å². The van der Waals surface area contributed by atoms with E-state index < -0.39 is 0 Å². The van der Waals surface area contributed by atoms with E-state index in [1.807, 2.05) is 13.8 Å². The molecule has 0 aliphatic heterocycles. The maximum absolute atomic E-state index is 5.68. The van der Waals surface area contributed by atoms with E-state index >= 15 is 0 Å². The number of nitrogens with one attached hydrogen (secondary N) is 1. The minimum atomic E-state index is 0.331. The molecule has 0 aromatic carbocycles. The first-order valence-electron chi connectivity index (χ1n) is 6.54. The van der Waals surface area contributed by atoms with Crippen molar-refractivity contribution in [2.75, 3.05) is 31.2 Å². The van der Waals surface area contributed by atoms with Crippen molar-refractivity contribution in [2.24, 2.45) is 0 Å². The normalized spacial score (nSPS) is 12.8. The predicted octanol–water partition coefficient (Wildman–Crippen LogP) is 1.82. The number of likely N-dealkylation sites (N-methyl/N-ethyl adjacent to an activating group) is 1. The van der Waals surface area contributed by atoms with Crippen LogP contribution in [-0.4, -0.2) is 41.0 Å². The van der Waals surface area contributed by atoms with Gasteiger partial charge in [-0.3, -0.25) is 0 Å². The van der Waals surface area contributed by atoms with Gasteiger partial charge in [-0.25, -0.2) is 4.98 Å². The van der Waals surface area contributed by atoms with E-state index in [0.29, 0.717) is 12.0 Å². The Balaban J connectivity index is 2.73. The molecule has 0 aliphatic rings. The summed E-state index contributed by atoms with van der Waals surface area (Å²) in [5.41, 5.74) is 7.68. The van der Waals surface area contributed by atoms with Crippen LogP contribution in [-0.2, 0) is 0 Å². The molecule has 0 amide bonds. The molecule has 5 nitrogen and oxygen atoms in total. The number of nitrogen functional groups attached to an aromatic ring is 1. The molecule has 1 rings (SSSR count). The van der Waals surface area contributed by atoms with E-state index in [4.69, 9.17) is 5.73 Å². The molecule has 18 heavy (non-hydrogen) atoms. The van der Waals surface area contributed by atoms with Crippen molar-refractivity contribution in [1.82, 2.24) is 14.9 Å². The van der Waals surface area contributed by atoms with Crippen molar-refractivity contribution >= 4 is 11.8 Å². The van der Waals surface area contributed by atoms with Gasteiger partial charge in [-0.2, -0.15) is 4.98 Å². The summed E-state index contributed by atoms with van der Waals surface area (Å²) in [6.45, 7) is 10.3. The topological polar surface area (TPSA) is 67.1 Å². The van der Waals surface area contributed by atoms with Gasteiger partial charge in [0.05, 0.1) is 0 Å². The van der Waals surface area contributed by atoms with E-state index in [2.05, 4.69) is 41.1 Å². The number of anilines is 2. The van der Waals surface area contributed by atoms with Gasteiger partial charge in [0.1, 0.15) is 5.82 Å². The molecule has 0 unspecified atom stereocenters. The Labute approximate surface area is 110 Å². The van der Waals surface area contributed by atoms with Gasteiger partial charge in [-0.15, -0.1) is 0 Å². The summed E-state index contributed by atoms with van der Waals surface area (Å²) in [5.74, 6) is 1.18. The van der Waals surface area contributed by atoms with Crippen LogP contribution in [0.25, 0.3) is 0 Å². The number of hydrogen-bond acceptors (Lipinski definition) is 5. The molecule has 1 aromatic rings. The molecule has 5 heteroatoms. The zero-order valence-corrected chi connectivity index (χ0v) is 12.1. The molecule has 0 bridgehead atoms. The molecular weight excluding hydrogens is 226 g/mol. The Hall–Kier alpha value is -1.36. The number of rotatable bonds is 6. The number of hydrogen-bond donors (Lipinski definition) is 2. The number of aryl methyl sites for hydroxylation is 1. The largest absolute Gasteiger partial charge is 0.368 e. The van der Waals surface area contributed by atoms with Crippen LogP contribution in [0.1, 0.15) is 31.5 Å². The highest BCUT2D eigenvalue weighted by Crippen LogP contribution is 2.16. The van der Waals surface area contributed by atoms with Crippen molar-refractivity contribution in [3.8, 4) is 0 Å². The van der Waals surface area contributed by atoms with Gasteiger partial charge in [0.15, 0.2) is 0 Å². The lowest BCUT2D eigenvalue weighted by atomic mass is 10.2. The first kappa shape index (κ1) is 14.7. The van der Waals surface area contributed by atoms with Crippen LogP contribution in [0.4, 0.5) is 11.8 Å². The third-order valence-electron chi connectivity index (χ3n) is 3.51. The Morgan fingerprint density at radius 2 is 1.94 bits per heavy atom. The van der Waals surface area contributed by atoms with Crippen LogP contribution in [0.3, 0.4) is 0 Å². The fourth-order valence-corrected chi connectivity index (χ4v) is 1.91. The monoisotopic (exact) mass is 251 g/mol. The van der Waals surface area contributed by atoms with Crippen LogP contribution < -0.4 is 11.1 Å². The van der Waals surface area contributed by atoms with E-state index in [9.17, 15) is 0 Å². The second-order valence-corrected chi connectivity index (χ2v) is 4.66. The fraction of sp³-hybridized carbons (Fsp3) is 0.692. The van der Waals surface area contributed by atoms with E-state index in [1.54, 1.807) is 0 Å². The first-order chi connectivity index (χ1) is 8.49. The van der Waals surface area contributed by atoms with Crippen LogP contribution >= 0.6 is 0 Å². The third kappa shape index (κ3) is 3.57. The minimum absolute atomic E-state index is 0.331. The smallest absolute Gasteiger partial charge is 0.222 e. The number of nitrogens with zero attached hydrogens (tertiary/aromatic N) is 3. The summed E-state index contributed by atoms with van der Waals surface area (Å²) in [6.07, 6.45) is 1.11. The SMILES string of the molecule is CC[C@@H](CNc1nc(N)nc(C)c1C)N(C)CC. The molecule has 0 radical (unpaired) electrons. The van der Waals surface area contributed by atoms with Crippen molar-refractivity contribution in [1.29, 1.82) is 0 Å². The van der Waals surface area contributed by atoms with Gasteiger partial charge < -0.3 is 16.0 Å². The Bertz CT molecular complexity index is 391. The molecule has 0 saturated carbocycles. The standard InChI is InChI=1S/C13H25N5/c1-6-11(18(5)7-2)8-15-12-9(3)10(4)16-13(14)17-12/h11H,6-8H2,1-5H3,(H3,14,15,16,17)/t11-/m0/s1. The molecule has 0 aliphatic carbocycles. The van der Waals surface area contributed by atoms with Crippen LogP contribution in [0.5, 0.6) is 0 Å². The maximum atomic E-state index is 5.68.